The van der Waals surface area contributed by atoms with Crippen molar-refractivity contribution in [3.63, 3.8) is 0 Å². The largest absolute Gasteiger partial charge is 0.488 e. The molecule has 1 aromatic carbocycles. The standard InChI is InChI=1S/C12H17F2NO2/c1-12(2,15)8-16-5-6-17-11-4-3-9(13)7-10(11)14/h3-4,7H,5-6,8,15H2,1-2H3. The second kappa shape index (κ2) is 5.93. The molecular formula is C12H17F2NO2. The van der Waals surface area contributed by atoms with Gasteiger partial charge in [0.1, 0.15) is 12.4 Å². The van der Waals surface area contributed by atoms with Crippen LogP contribution in [0.3, 0.4) is 0 Å². The maximum atomic E-state index is 13.1. The molecular weight excluding hydrogens is 228 g/mol. The Balaban J connectivity index is 2.27. The van der Waals surface area contributed by atoms with E-state index in [1.54, 1.807) is 0 Å². The van der Waals surface area contributed by atoms with E-state index < -0.39 is 17.2 Å². The van der Waals surface area contributed by atoms with Crippen molar-refractivity contribution in [2.24, 2.45) is 5.73 Å². The van der Waals surface area contributed by atoms with Gasteiger partial charge < -0.3 is 15.2 Å². The Morgan fingerprint density at radius 2 is 1.94 bits per heavy atom. The van der Waals surface area contributed by atoms with Crippen LogP contribution >= 0.6 is 0 Å². The fourth-order valence-corrected chi connectivity index (χ4v) is 1.14. The van der Waals surface area contributed by atoms with Gasteiger partial charge in [-0.2, -0.15) is 0 Å². The zero-order valence-corrected chi connectivity index (χ0v) is 10.0. The average molecular weight is 245 g/mol. The average Bonchev–Trinajstić information content (AvgIpc) is 2.18. The number of ether oxygens (including phenoxy) is 2. The van der Waals surface area contributed by atoms with Crippen molar-refractivity contribution in [2.75, 3.05) is 19.8 Å². The highest BCUT2D eigenvalue weighted by Gasteiger charge is 2.10. The maximum Gasteiger partial charge on any atom is 0.167 e. The van der Waals surface area contributed by atoms with E-state index in [0.717, 1.165) is 12.1 Å². The van der Waals surface area contributed by atoms with Gasteiger partial charge >= 0.3 is 0 Å². The third kappa shape index (κ3) is 5.60. The Kier molecular flexibility index (Phi) is 4.84. The smallest absolute Gasteiger partial charge is 0.167 e. The molecule has 0 atom stereocenters. The summed E-state index contributed by atoms with van der Waals surface area (Å²) in [6.07, 6.45) is 0. The van der Waals surface area contributed by atoms with Crippen molar-refractivity contribution in [1.29, 1.82) is 0 Å². The summed E-state index contributed by atoms with van der Waals surface area (Å²) < 4.78 is 36.0. The second-order valence-electron chi connectivity index (χ2n) is 4.46. The van der Waals surface area contributed by atoms with Gasteiger partial charge in [0, 0.05) is 11.6 Å². The highest BCUT2D eigenvalue weighted by Crippen LogP contribution is 2.17. The number of halogens is 2. The fourth-order valence-electron chi connectivity index (χ4n) is 1.14. The zero-order chi connectivity index (χ0) is 12.9. The Hall–Kier alpha value is -1.20. The molecule has 0 unspecified atom stereocenters. The van der Waals surface area contributed by atoms with Crippen LogP contribution in [0.25, 0.3) is 0 Å². The third-order valence-electron chi connectivity index (χ3n) is 1.85. The summed E-state index contributed by atoms with van der Waals surface area (Å²) in [5, 5.41) is 0. The predicted octanol–water partition coefficient (Wildman–Crippen LogP) is 2.10. The normalized spacial score (nSPS) is 11.6. The minimum absolute atomic E-state index is 0.0157. The quantitative estimate of drug-likeness (QED) is 0.780. The van der Waals surface area contributed by atoms with Gasteiger partial charge in [0.05, 0.1) is 13.2 Å². The Bertz CT molecular complexity index is 364. The number of hydrogen-bond donors (Lipinski definition) is 1. The molecule has 0 aromatic heterocycles. The Labute approximate surface area is 99.5 Å². The van der Waals surface area contributed by atoms with Crippen molar-refractivity contribution in [2.45, 2.75) is 19.4 Å². The van der Waals surface area contributed by atoms with Gasteiger partial charge in [-0.25, -0.2) is 8.78 Å². The molecule has 0 heterocycles. The molecule has 0 amide bonds. The van der Waals surface area contributed by atoms with Crippen LogP contribution in [0, 0.1) is 11.6 Å². The van der Waals surface area contributed by atoms with Crippen LogP contribution in [0.1, 0.15) is 13.8 Å². The van der Waals surface area contributed by atoms with Crippen molar-refractivity contribution < 1.29 is 18.3 Å². The first-order valence-electron chi connectivity index (χ1n) is 5.33. The van der Waals surface area contributed by atoms with E-state index in [4.69, 9.17) is 15.2 Å². The molecule has 0 spiro atoms. The van der Waals surface area contributed by atoms with E-state index in [-0.39, 0.29) is 12.4 Å². The molecule has 0 aliphatic carbocycles. The van der Waals surface area contributed by atoms with Gasteiger partial charge in [-0.3, -0.25) is 0 Å². The molecule has 1 rings (SSSR count). The lowest BCUT2D eigenvalue weighted by Crippen LogP contribution is -2.37. The third-order valence-corrected chi connectivity index (χ3v) is 1.85. The Morgan fingerprint density at radius 1 is 1.24 bits per heavy atom. The lowest BCUT2D eigenvalue weighted by Gasteiger charge is -2.18. The van der Waals surface area contributed by atoms with Crippen LogP contribution in [0.4, 0.5) is 8.78 Å². The van der Waals surface area contributed by atoms with E-state index in [1.807, 2.05) is 13.8 Å². The molecule has 0 saturated heterocycles. The van der Waals surface area contributed by atoms with Crippen molar-refractivity contribution >= 4 is 0 Å². The first-order chi connectivity index (χ1) is 7.88. The molecule has 0 fully saturated rings. The van der Waals surface area contributed by atoms with Gasteiger partial charge in [0.15, 0.2) is 11.6 Å². The van der Waals surface area contributed by atoms with Crippen LogP contribution < -0.4 is 10.5 Å². The predicted molar refractivity (Wildman–Crippen MR) is 60.9 cm³/mol. The minimum atomic E-state index is -0.718. The van der Waals surface area contributed by atoms with E-state index in [9.17, 15) is 8.78 Å². The van der Waals surface area contributed by atoms with Crippen LogP contribution in [0.5, 0.6) is 5.75 Å². The molecule has 17 heavy (non-hydrogen) atoms. The van der Waals surface area contributed by atoms with Gasteiger partial charge in [0.25, 0.3) is 0 Å². The molecule has 0 aliphatic heterocycles. The fraction of sp³-hybridized carbons (Fsp3) is 0.500. The zero-order valence-electron chi connectivity index (χ0n) is 10.0. The van der Waals surface area contributed by atoms with E-state index in [0.29, 0.717) is 13.2 Å². The lowest BCUT2D eigenvalue weighted by atomic mass is 10.1. The summed E-state index contributed by atoms with van der Waals surface area (Å²) in [4.78, 5) is 0. The van der Waals surface area contributed by atoms with Gasteiger partial charge in [-0.1, -0.05) is 0 Å². The van der Waals surface area contributed by atoms with Crippen LogP contribution in [-0.4, -0.2) is 25.4 Å². The molecule has 3 nitrogen and oxygen atoms in total. The summed E-state index contributed by atoms with van der Waals surface area (Å²) >= 11 is 0. The van der Waals surface area contributed by atoms with Crippen molar-refractivity contribution in [1.82, 2.24) is 0 Å². The van der Waals surface area contributed by atoms with Gasteiger partial charge in [-0.05, 0) is 26.0 Å². The first kappa shape index (κ1) is 13.9. The molecule has 2 N–H and O–H groups in total. The summed E-state index contributed by atoms with van der Waals surface area (Å²) in [6, 6.07) is 3.17. The van der Waals surface area contributed by atoms with Gasteiger partial charge in [-0.15, -0.1) is 0 Å². The highest BCUT2D eigenvalue weighted by atomic mass is 19.1. The van der Waals surface area contributed by atoms with Crippen molar-refractivity contribution in [3.05, 3.63) is 29.8 Å². The number of nitrogens with two attached hydrogens (primary N) is 1. The monoisotopic (exact) mass is 245 g/mol. The van der Waals surface area contributed by atoms with Crippen LogP contribution in [0.2, 0.25) is 0 Å². The SMILES string of the molecule is CC(C)(N)COCCOc1ccc(F)cc1F. The highest BCUT2D eigenvalue weighted by molar-refractivity contribution is 5.24. The summed E-state index contributed by atoms with van der Waals surface area (Å²) in [7, 11) is 0. The maximum absolute atomic E-state index is 13.1. The molecule has 0 saturated carbocycles. The molecule has 96 valence electrons. The van der Waals surface area contributed by atoms with E-state index in [1.165, 1.54) is 6.07 Å². The number of hydrogen-bond acceptors (Lipinski definition) is 3. The van der Waals surface area contributed by atoms with Gasteiger partial charge in [0.2, 0.25) is 0 Å². The van der Waals surface area contributed by atoms with Crippen LogP contribution in [0.15, 0.2) is 18.2 Å². The Morgan fingerprint density at radius 3 is 2.53 bits per heavy atom. The molecule has 0 aliphatic rings. The first-order valence-corrected chi connectivity index (χ1v) is 5.33. The molecule has 0 radical (unpaired) electrons. The van der Waals surface area contributed by atoms with Crippen LogP contribution in [-0.2, 0) is 4.74 Å². The van der Waals surface area contributed by atoms with E-state index >= 15 is 0 Å². The summed E-state index contributed by atoms with van der Waals surface area (Å²) in [5.74, 6) is -1.33. The minimum Gasteiger partial charge on any atom is -0.488 e. The molecule has 0 bridgehead atoms. The van der Waals surface area contributed by atoms with E-state index in [2.05, 4.69) is 0 Å². The second-order valence-corrected chi connectivity index (χ2v) is 4.46. The van der Waals surface area contributed by atoms with Crippen molar-refractivity contribution in [3.8, 4) is 5.75 Å². The topological polar surface area (TPSA) is 44.5 Å². The number of rotatable bonds is 6. The summed E-state index contributed by atoms with van der Waals surface area (Å²) in [5.41, 5.74) is 5.30. The molecule has 1 aromatic rings. The lowest BCUT2D eigenvalue weighted by molar-refractivity contribution is 0.0714. The number of benzene rings is 1. The summed E-state index contributed by atoms with van der Waals surface area (Å²) in [6.45, 7) is 4.57. The molecule has 5 heteroatoms.